The van der Waals surface area contributed by atoms with E-state index in [0.29, 0.717) is 30.2 Å². The molecule has 0 spiro atoms. The zero-order valence-electron chi connectivity index (χ0n) is 15.4. The standard InChI is InChI=1S/C20H25N3O3/c1-20(2)19(25)21-10-11-23(20)18(24)14-8-9-15-16(12-14)26-17(22-15)13-6-4-3-5-7-13/h8-9,12-13H,3-7,10-11H2,1-2H3,(H,21,25). The van der Waals surface area contributed by atoms with E-state index in [4.69, 9.17) is 4.42 Å². The van der Waals surface area contributed by atoms with Crippen LogP contribution in [-0.4, -0.2) is 40.3 Å². The minimum absolute atomic E-state index is 0.127. The molecule has 2 aromatic rings. The molecule has 138 valence electrons. The highest BCUT2D eigenvalue weighted by Crippen LogP contribution is 2.34. The van der Waals surface area contributed by atoms with Crippen molar-refractivity contribution in [3.8, 4) is 0 Å². The lowest BCUT2D eigenvalue weighted by Gasteiger charge is -2.41. The summed E-state index contributed by atoms with van der Waals surface area (Å²) < 4.78 is 6.00. The Kier molecular flexibility index (Phi) is 4.21. The molecule has 1 saturated heterocycles. The molecule has 0 atom stereocenters. The lowest BCUT2D eigenvalue weighted by atomic mass is 9.89. The molecule has 2 heterocycles. The number of aromatic nitrogens is 1. The van der Waals surface area contributed by atoms with Crippen LogP contribution in [0.15, 0.2) is 22.6 Å². The van der Waals surface area contributed by atoms with Crippen LogP contribution in [0.25, 0.3) is 11.1 Å². The van der Waals surface area contributed by atoms with E-state index >= 15 is 0 Å². The summed E-state index contributed by atoms with van der Waals surface area (Å²) in [6, 6.07) is 5.38. The molecular formula is C20H25N3O3. The molecule has 6 nitrogen and oxygen atoms in total. The lowest BCUT2D eigenvalue weighted by molar-refractivity contribution is -0.133. The van der Waals surface area contributed by atoms with Crippen LogP contribution in [0.1, 0.15) is 68.1 Å². The number of nitrogens with one attached hydrogen (secondary N) is 1. The predicted octanol–water partition coefficient (Wildman–Crippen LogP) is 3.23. The Morgan fingerprint density at radius 1 is 1.27 bits per heavy atom. The molecule has 0 radical (unpaired) electrons. The third-order valence-corrected chi connectivity index (χ3v) is 5.70. The first-order valence-electron chi connectivity index (χ1n) is 9.47. The van der Waals surface area contributed by atoms with Gasteiger partial charge in [0.1, 0.15) is 11.1 Å². The number of hydrogen-bond donors (Lipinski definition) is 1. The summed E-state index contributed by atoms with van der Waals surface area (Å²) in [6.45, 7) is 4.52. The third kappa shape index (κ3) is 2.87. The SMILES string of the molecule is CC1(C)C(=O)NCCN1C(=O)c1ccc2nc(C3CCCCC3)oc2c1. The van der Waals surface area contributed by atoms with E-state index in [1.54, 1.807) is 30.9 Å². The van der Waals surface area contributed by atoms with Crippen molar-refractivity contribution in [2.75, 3.05) is 13.1 Å². The molecule has 1 N–H and O–H groups in total. The number of nitrogens with zero attached hydrogens (tertiary/aromatic N) is 2. The first-order chi connectivity index (χ1) is 12.5. The number of carbonyl (C=O) groups excluding carboxylic acids is 2. The average molecular weight is 355 g/mol. The van der Waals surface area contributed by atoms with Crippen molar-refractivity contribution in [1.82, 2.24) is 15.2 Å². The van der Waals surface area contributed by atoms with Gasteiger partial charge in [-0.1, -0.05) is 19.3 Å². The van der Waals surface area contributed by atoms with Crippen LogP contribution in [0.2, 0.25) is 0 Å². The van der Waals surface area contributed by atoms with Gasteiger partial charge in [-0.05, 0) is 44.9 Å². The minimum atomic E-state index is -0.862. The Morgan fingerprint density at radius 3 is 2.81 bits per heavy atom. The van der Waals surface area contributed by atoms with E-state index in [-0.39, 0.29) is 11.8 Å². The van der Waals surface area contributed by atoms with E-state index in [9.17, 15) is 9.59 Å². The van der Waals surface area contributed by atoms with E-state index in [1.165, 1.54) is 19.3 Å². The second kappa shape index (κ2) is 6.41. The summed E-state index contributed by atoms with van der Waals surface area (Å²) >= 11 is 0. The van der Waals surface area contributed by atoms with Gasteiger partial charge in [0.25, 0.3) is 5.91 Å². The van der Waals surface area contributed by atoms with Crippen molar-refractivity contribution < 1.29 is 14.0 Å². The number of hydrogen-bond acceptors (Lipinski definition) is 4. The number of rotatable bonds is 2. The van der Waals surface area contributed by atoms with Gasteiger partial charge >= 0.3 is 0 Å². The van der Waals surface area contributed by atoms with Crippen molar-refractivity contribution >= 4 is 22.9 Å². The second-order valence-electron chi connectivity index (χ2n) is 7.84. The highest BCUT2D eigenvalue weighted by molar-refractivity contribution is 6.01. The van der Waals surface area contributed by atoms with Gasteiger partial charge in [-0.25, -0.2) is 4.98 Å². The number of piperazine rings is 1. The molecule has 2 amide bonds. The minimum Gasteiger partial charge on any atom is -0.440 e. The van der Waals surface area contributed by atoms with Gasteiger partial charge in [-0.3, -0.25) is 9.59 Å². The molecule has 1 aliphatic carbocycles. The molecular weight excluding hydrogens is 330 g/mol. The molecule has 1 aromatic heterocycles. The summed E-state index contributed by atoms with van der Waals surface area (Å²) in [5.41, 5.74) is 1.11. The average Bonchev–Trinajstić information content (AvgIpc) is 3.07. The molecule has 6 heteroatoms. The zero-order valence-corrected chi connectivity index (χ0v) is 15.4. The number of amides is 2. The summed E-state index contributed by atoms with van der Waals surface area (Å²) in [6.07, 6.45) is 5.97. The van der Waals surface area contributed by atoms with E-state index in [1.807, 2.05) is 6.07 Å². The fraction of sp³-hybridized carbons (Fsp3) is 0.550. The van der Waals surface area contributed by atoms with Gasteiger partial charge in [0.15, 0.2) is 11.5 Å². The summed E-state index contributed by atoms with van der Waals surface area (Å²) in [5, 5.41) is 2.82. The van der Waals surface area contributed by atoms with Crippen molar-refractivity contribution in [2.45, 2.75) is 57.4 Å². The highest BCUT2D eigenvalue weighted by Gasteiger charge is 2.40. The van der Waals surface area contributed by atoms with Crippen LogP contribution in [0.5, 0.6) is 0 Å². The maximum Gasteiger partial charge on any atom is 0.254 e. The maximum atomic E-state index is 13.0. The van der Waals surface area contributed by atoms with Gasteiger partial charge in [0.05, 0.1) is 0 Å². The molecule has 4 rings (SSSR count). The van der Waals surface area contributed by atoms with E-state index in [2.05, 4.69) is 10.3 Å². The normalized spacial score (nSPS) is 21.0. The topological polar surface area (TPSA) is 75.4 Å². The molecule has 26 heavy (non-hydrogen) atoms. The smallest absolute Gasteiger partial charge is 0.254 e. The van der Waals surface area contributed by atoms with E-state index in [0.717, 1.165) is 24.2 Å². The summed E-state index contributed by atoms with van der Waals surface area (Å²) in [5.74, 6) is 0.904. The van der Waals surface area contributed by atoms with Gasteiger partial charge < -0.3 is 14.6 Å². The van der Waals surface area contributed by atoms with Crippen LogP contribution in [0.4, 0.5) is 0 Å². The Hall–Kier alpha value is -2.37. The van der Waals surface area contributed by atoms with Crippen molar-refractivity contribution in [1.29, 1.82) is 0 Å². The first-order valence-corrected chi connectivity index (χ1v) is 9.47. The Labute approximate surface area is 152 Å². The van der Waals surface area contributed by atoms with Crippen molar-refractivity contribution in [3.05, 3.63) is 29.7 Å². The first kappa shape index (κ1) is 17.1. The van der Waals surface area contributed by atoms with Crippen LogP contribution in [0.3, 0.4) is 0 Å². The molecule has 2 fully saturated rings. The molecule has 0 unspecified atom stereocenters. The number of fused-ring (bicyclic) bond motifs is 1. The third-order valence-electron chi connectivity index (χ3n) is 5.70. The summed E-state index contributed by atoms with van der Waals surface area (Å²) in [4.78, 5) is 31.4. The Morgan fingerprint density at radius 2 is 2.04 bits per heavy atom. The van der Waals surface area contributed by atoms with Crippen LogP contribution in [-0.2, 0) is 4.79 Å². The quantitative estimate of drug-likeness (QED) is 0.897. The van der Waals surface area contributed by atoms with Crippen LogP contribution in [0, 0.1) is 0 Å². The largest absolute Gasteiger partial charge is 0.440 e. The monoisotopic (exact) mass is 355 g/mol. The highest BCUT2D eigenvalue weighted by atomic mass is 16.3. The zero-order chi connectivity index (χ0) is 18.3. The Balaban J connectivity index is 1.62. The molecule has 1 aromatic carbocycles. The molecule has 2 aliphatic rings. The van der Waals surface area contributed by atoms with Gasteiger partial charge in [-0.2, -0.15) is 0 Å². The van der Waals surface area contributed by atoms with Crippen LogP contribution < -0.4 is 5.32 Å². The predicted molar refractivity (Wildman–Crippen MR) is 98.0 cm³/mol. The molecule has 1 aliphatic heterocycles. The fourth-order valence-corrected chi connectivity index (χ4v) is 4.01. The van der Waals surface area contributed by atoms with Gasteiger partial charge in [0.2, 0.25) is 5.91 Å². The van der Waals surface area contributed by atoms with Gasteiger partial charge in [0, 0.05) is 24.6 Å². The Bertz CT molecular complexity index is 849. The molecule has 1 saturated carbocycles. The lowest BCUT2D eigenvalue weighted by Crippen LogP contribution is -2.63. The van der Waals surface area contributed by atoms with E-state index < -0.39 is 5.54 Å². The maximum absolute atomic E-state index is 13.0. The number of oxazole rings is 1. The summed E-state index contributed by atoms with van der Waals surface area (Å²) in [7, 11) is 0. The van der Waals surface area contributed by atoms with Crippen LogP contribution >= 0.6 is 0 Å². The number of benzene rings is 1. The van der Waals surface area contributed by atoms with Crippen molar-refractivity contribution in [2.24, 2.45) is 0 Å². The number of carbonyl (C=O) groups is 2. The van der Waals surface area contributed by atoms with Gasteiger partial charge in [-0.15, -0.1) is 0 Å². The van der Waals surface area contributed by atoms with Crippen molar-refractivity contribution in [3.63, 3.8) is 0 Å². The fourth-order valence-electron chi connectivity index (χ4n) is 4.01. The molecule has 0 bridgehead atoms. The second-order valence-corrected chi connectivity index (χ2v) is 7.84.